The van der Waals surface area contributed by atoms with Gasteiger partial charge in [-0.2, -0.15) is 10.1 Å². The maximum absolute atomic E-state index is 13.6. The molecule has 0 saturated heterocycles. The summed E-state index contributed by atoms with van der Waals surface area (Å²) in [5, 5.41) is 6.21. The average molecular weight is 492 g/mol. The van der Waals surface area contributed by atoms with Gasteiger partial charge in [-0.25, -0.2) is 4.98 Å². The highest BCUT2D eigenvalue weighted by molar-refractivity contribution is 7.22. The number of hydrogen-bond donors (Lipinski definition) is 0. The van der Waals surface area contributed by atoms with Crippen LogP contribution in [-0.4, -0.2) is 30.0 Å². The van der Waals surface area contributed by atoms with Crippen LogP contribution in [0.5, 0.6) is 5.75 Å². The van der Waals surface area contributed by atoms with Crippen molar-refractivity contribution in [3.63, 3.8) is 0 Å². The van der Waals surface area contributed by atoms with Gasteiger partial charge in [0.1, 0.15) is 5.75 Å². The molecule has 0 saturated carbocycles. The molecule has 36 heavy (non-hydrogen) atoms. The van der Waals surface area contributed by atoms with Gasteiger partial charge in [0.15, 0.2) is 5.78 Å². The average Bonchev–Trinajstić information content (AvgIpc) is 3.36. The molecule has 5 aromatic rings. The van der Waals surface area contributed by atoms with E-state index in [9.17, 15) is 9.59 Å². The first-order valence-electron chi connectivity index (χ1n) is 11.2. The number of benzene rings is 4. The molecule has 176 valence electrons. The van der Waals surface area contributed by atoms with Crippen molar-refractivity contribution >= 4 is 44.6 Å². The maximum Gasteiger partial charge on any atom is 0.280 e. The van der Waals surface area contributed by atoms with Crippen LogP contribution in [0.15, 0.2) is 108 Å². The molecule has 0 unspecified atom stereocenters. The second-order valence-corrected chi connectivity index (χ2v) is 8.88. The molecule has 0 radical (unpaired) electrons. The van der Waals surface area contributed by atoms with Gasteiger partial charge in [0.2, 0.25) is 5.13 Å². The van der Waals surface area contributed by atoms with Gasteiger partial charge in [0.25, 0.3) is 5.91 Å². The lowest BCUT2D eigenvalue weighted by Gasteiger charge is -2.14. The summed E-state index contributed by atoms with van der Waals surface area (Å²) >= 11 is 1.34. The molecular formula is C29H21N3O3S. The standard InChI is InChI=1S/C29H21N3O3S/c1-35-24-16-17-25-26(18-24)36-29(31-25)32(30-19-20-8-4-2-5-9-20)28(34)23-14-12-22(13-15-23)27(33)21-10-6-3-7-11-21/h2-19H,1H3/b30-19+. The smallest absolute Gasteiger partial charge is 0.280 e. The number of amides is 1. The molecule has 0 fully saturated rings. The zero-order valence-corrected chi connectivity index (χ0v) is 20.2. The van der Waals surface area contributed by atoms with Gasteiger partial charge in [0, 0.05) is 16.7 Å². The highest BCUT2D eigenvalue weighted by atomic mass is 32.1. The fourth-order valence-electron chi connectivity index (χ4n) is 3.61. The molecule has 1 amide bonds. The molecule has 0 atom stereocenters. The lowest BCUT2D eigenvalue weighted by molar-refractivity contribution is 0.0985. The van der Waals surface area contributed by atoms with E-state index in [0.717, 1.165) is 15.8 Å². The Hall–Kier alpha value is -4.62. The van der Waals surface area contributed by atoms with Crippen molar-refractivity contribution in [3.8, 4) is 5.75 Å². The van der Waals surface area contributed by atoms with Gasteiger partial charge in [0.05, 0.1) is 23.5 Å². The van der Waals surface area contributed by atoms with E-state index >= 15 is 0 Å². The third kappa shape index (κ3) is 4.92. The van der Waals surface area contributed by atoms with Gasteiger partial charge in [-0.3, -0.25) is 9.59 Å². The Morgan fingerprint density at radius 2 is 1.47 bits per heavy atom. The van der Waals surface area contributed by atoms with Crippen LogP contribution in [0.3, 0.4) is 0 Å². The minimum Gasteiger partial charge on any atom is -0.497 e. The second-order valence-electron chi connectivity index (χ2n) is 7.87. The van der Waals surface area contributed by atoms with Crippen LogP contribution >= 0.6 is 11.3 Å². The van der Waals surface area contributed by atoms with Crippen LogP contribution in [0.4, 0.5) is 5.13 Å². The van der Waals surface area contributed by atoms with Crippen LogP contribution in [0, 0.1) is 0 Å². The normalized spacial score (nSPS) is 11.0. The quantitative estimate of drug-likeness (QED) is 0.154. The molecule has 0 aliphatic carbocycles. The molecule has 5 rings (SSSR count). The van der Waals surface area contributed by atoms with E-state index in [1.807, 2.05) is 66.7 Å². The summed E-state index contributed by atoms with van der Waals surface area (Å²) in [6, 6.07) is 30.7. The molecule has 0 N–H and O–H groups in total. The van der Waals surface area contributed by atoms with E-state index in [1.54, 1.807) is 49.7 Å². The Labute approximate surface area is 212 Å². The number of hydrogen-bond acceptors (Lipinski definition) is 6. The fraction of sp³-hybridized carbons (Fsp3) is 0.0345. The van der Waals surface area contributed by atoms with E-state index in [2.05, 4.69) is 10.1 Å². The Balaban J connectivity index is 1.48. The topological polar surface area (TPSA) is 71.9 Å². The molecule has 0 spiro atoms. The number of hydrazone groups is 1. The summed E-state index contributed by atoms with van der Waals surface area (Å²) < 4.78 is 6.19. The third-order valence-corrected chi connectivity index (χ3v) is 6.50. The van der Waals surface area contributed by atoms with Crippen molar-refractivity contribution in [2.24, 2.45) is 5.10 Å². The Bertz CT molecular complexity index is 1550. The summed E-state index contributed by atoms with van der Waals surface area (Å²) in [5.74, 6) is 0.252. The van der Waals surface area contributed by atoms with Crippen molar-refractivity contribution in [2.75, 3.05) is 12.1 Å². The summed E-state index contributed by atoms with van der Waals surface area (Å²) in [6.45, 7) is 0. The fourth-order valence-corrected chi connectivity index (χ4v) is 4.56. The predicted molar refractivity (Wildman–Crippen MR) is 143 cm³/mol. The molecule has 0 aliphatic rings. The number of ether oxygens (including phenoxy) is 1. The van der Waals surface area contributed by atoms with Crippen molar-refractivity contribution in [1.29, 1.82) is 0 Å². The first-order valence-corrected chi connectivity index (χ1v) is 12.0. The maximum atomic E-state index is 13.6. The predicted octanol–water partition coefficient (Wildman–Crippen LogP) is 6.22. The largest absolute Gasteiger partial charge is 0.497 e. The first kappa shape index (κ1) is 23.1. The van der Waals surface area contributed by atoms with Gasteiger partial charge in [-0.15, -0.1) is 0 Å². The summed E-state index contributed by atoms with van der Waals surface area (Å²) in [7, 11) is 1.61. The number of nitrogens with zero attached hydrogens (tertiary/aromatic N) is 3. The van der Waals surface area contributed by atoms with Crippen molar-refractivity contribution in [3.05, 3.63) is 125 Å². The highest BCUT2D eigenvalue weighted by Crippen LogP contribution is 2.32. The molecule has 1 aromatic heterocycles. The minimum absolute atomic E-state index is 0.103. The van der Waals surface area contributed by atoms with E-state index < -0.39 is 0 Å². The minimum atomic E-state index is -0.355. The van der Waals surface area contributed by atoms with E-state index in [-0.39, 0.29) is 11.7 Å². The van der Waals surface area contributed by atoms with Gasteiger partial charge in [-0.05, 0) is 35.9 Å². The Morgan fingerprint density at radius 1 is 0.833 bits per heavy atom. The van der Waals surface area contributed by atoms with Crippen LogP contribution in [0.25, 0.3) is 10.2 Å². The number of aromatic nitrogens is 1. The van der Waals surface area contributed by atoms with Crippen LogP contribution < -0.4 is 9.75 Å². The van der Waals surface area contributed by atoms with Crippen LogP contribution in [0.2, 0.25) is 0 Å². The molecule has 6 nitrogen and oxygen atoms in total. The highest BCUT2D eigenvalue weighted by Gasteiger charge is 2.22. The Kier molecular flexibility index (Phi) is 6.64. The molecular weight excluding hydrogens is 470 g/mol. The van der Waals surface area contributed by atoms with E-state index in [1.165, 1.54) is 16.3 Å². The summed E-state index contributed by atoms with van der Waals surface area (Å²) in [6.07, 6.45) is 1.62. The first-order chi connectivity index (χ1) is 17.6. The zero-order chi connectivity index (χ0) is 24.9. The molecule has 0 aliphatic heterocycles. The van der Waals surface area contributed by atoms with Gasteiger partial charge >= 0.3 is 0 Å². The number of rotatable bonds is 7. The van der Waals surface area contributed by atoms with Crippen LogP contribution in [-0.2, 0) is 0 Å². The number of carbonyl (C=O) groups is 2. The number of ketones is 1. The lowest BCUT2D eigenvalue weighted by Crippen LogP contribution is -2.25. The number of thiazole rings is 1. The third-order valence-electron chi connectivity index (χ3n) is 5.51. The number of methoxy groups -OCH3 is 1. The van der Waals surface area contributed by atoms with Crippen molar-refractivity contribution in [1.82, 2.24) is 4.98 Å². The molecule has 1 heterocycles. The number of carbonyl (C=O) groups excluding carboxylic acids is 2. The van der Waals surface area contributed by atoms with E-state index in [4.69, 9.17) is 4.74 Å². The molecule has 0 bridgehead atoms. The number of fused-ring (bicyclic) bond motifs is 1. The van der Waals surface area contributed by atoms with Crippen LogP contribution in [0.1, 0.15) is 31.8 Å². The lowest BCUT2D eigenvalue weighted by atomic mass is 10.0. The molecule has 7 heteroatoms. The second kappa shape index (κ2) is 10.3. The number of anilines is 1. The van der Waals surface area contributed by atoms with Gasteiger partial charge < -0.3 is 4.74 Å². The Morgan fingerprint density at radius 3 is 2.17 bits per heavy atom. The van der Waals surface area contributed by atoms with Crippen molar-refractivity contribution in [2.45, 2.75) is 0 Å². The summed E-state index contributed by atoms with van der Waals surface area (Å²) in [5.41, 5.74) is 3.08. The van der Waals surface area contributed by atoms with Crippen molar-refractivity contribution < 1.29 is 14.3 Å². The zero-order valence-electron chi connectivity index (χ0n) is 19.4. The molecule has 4 aromatic carbocycles. The SMILES string of the molecule is COc1ccc2nc(N(/N=C/c3ccccc3)C(=O)c3ccc(C(=O)c4ccccc4)cc3)sc2c1. The van der Waals surface area contributed by atoms with Gasteiger partial charge in [-0.1, -0.05) is 84.1 Å². The monoisotopic (exact) mass is 491 g/mol. The summed E-state index contributed by atoms with van der Waals surface area (Å²) in [4.78, 5) is 31.0. The van der Waals surface area contributed by atoms with E-state index in [0.29, 0.717) is 27.6 Å².